The summed E-state index contributed by atoms with van der Waals surface area (Å²) >= 11 is 13.1. The first kappa shape index (κ1) is 14.3. The molecule has 1 N–H and O–H groups in total. The van der Waals surface area contributed by atoms with Crippen molar-refractivity contribution in [1.82, 2.24) is 0 Å². The van der Waals surface area contributed by atoms with Crippen LogP contribution in [0.15, 0.2) is 47.4 Å². The highest BCUT2D eigenvalue weighted by Gasteiger charge is 2.12. The lowest BCUT2D eigenvalue weighted by molar-refractivity contribution is 0.102. The summed E-state index contributed by atoms with van der Waals surface area (Å²) in [5.41, 5.74) is 0.663. The molecule has 0 amide bonds. The molecule has 0 saturated carbocycles. The van der Waals surface area contributed by atoms with Gasteiger partial charge in [-0.25, -0.2) is 0 Å². The average Bonchev–Trinajstić information content (AvgIpc) is 2.45. The number of benzene rings is 2. The number of rotatable bonds is 4. The lowest BCUT2D eigenvalue weighted by Gasteiger charge is -2.06. The summed E-state index contributed by atoms with van der Waals surface area (Å²) in [5.74, 6) is 0.224. The van der Waals surface area contributed by atoms with Crippen molar-refractivity contribution in [3.63, 3.8) is 0 Å². The van der Waals surface area contributed by atoms with E-state index in [1.165, 1.54) is 17.8 Å². The van der Waals surface area contributed by atoms with E-state index >= 15 is 0 Å². The van der Waals surface area contributed by atoms with Crippen LogP contribution in [0, 0.1) is 0 Å². The molecule has 0 radical (unpaired) electrons. The van der Waals surface area contributed by atoms with E-state index in [1.807, 2.05) is 18.2 Å². The maximum absolute atomic E-state index is 11.9. The minimum atomic E-state index is -0.0644. The molecule has 5 heteroatoms. The third kappa shape index (κ3) is 3.44. The molecule has 2 aromatic rings. The van der Waals surface area contributed by atoms with Crippen LogP contribution in [0.4, 0.5) is 0 Å². The molecule has 0 bridgehead atoms. The zero-order valence-electron chi connectivity index (χ0n) is 9.77. The minimum Gasteiger partial charge on any atom is -0.506 e. The summed E-state index contributed by atoms with van der Waals surface area (Å²) < 4.78 is 0. The number of ketones is 1. The Hall–Kier alpha value is -1.16. The normalized spacial score (nSPS) is 10.4. The Morgan fingerprint density at radius 3 is 2.42 bits per heavy atom. The molecular weight excluding hydrogens is 303 g/mol. The van der Waals surface area contributed by atoms with Crippen molar-refractivity contribution in [1.29, 1.82) is 0 Å². The molecule has 2 rings (SSSR count). The minimum absolute atomic E-state index is 0.0193. The number of phenols is 1. The second kappa shape index (κ2) is 6.33. The maximum Gasteiger partial charge on any atom is 0.173 e. The summed E-state index contributed by atoms with van der Waals surface area (Å²) in [6.07, 6.45) is 0. The second-order valence-electron chi connectivity index (χ2n) is 3.79. The van der Waals surface area contributed by atoms with Crippen molar-refractivity contribution in [2.45, 2.75) is 4.90 Å². The van der Waals surface area contributed by atoms with Crippen LogP contribution in [0.5, 0.6) is 5.75 Å². The number of carbonyl (C=O) groups is 1. The number of phenolic OH excluding ortho intramolecular Hbond substituents is 1. The first-order chi connectivity index (χ1) is 9.09. The van der Waals surface area contributed by atoms with Gasteiger partial charge in [0.15, 0.2) is 5.78 Å². The monoisotopic (exact) mass is 312 g/mol. The molecule has 0 unspecified atom stereocenters. The van der Waals surface area contributed by atoms with Crippen LogP contribution in [0.1, 0.15) is 10.4 Å². The van der Waals surface area contributed by atoms with Gasteiger partial charge in [-0.1, -0.05) is 53.5 Å². The molecule has 2 nitrogen and oxygen atoms in total. The Labute approximate surface area is 125 Å². The third-order valence-electron chi connectivity index (χ3n) is 2.48. The summed E-state index contributed by atoms with van der Waals surface area (Å²) in [6, 6.07) is 12.2. The van der Waals surface area contributed by atoms with Gasteiger partial charge in [0.1, 0.15) is 10.8 Å². The van der Waals surface area contributed by atoms with Crippen molar-refractivity contribution >= 4 is 40.7 Å². The summed E-state index contributed by atoms with van der Waals surface area (Å²) in [4.78, 5) is 12.6. The number of Topliss-reactive ketones (excluding diaryl/α,β-unsaturated/α-hetero) is 1. The molecule has 0 aromatic heterocycles. The van der Waals surface area contributed by atoms with E-state index in [9.17, 15) is 9.90 Å². The van der Waals surface area contributed by atoms with Crippen LogP contribution in [0.25, 0.3) is 0 Å². The maximum atomic E-state index is 11.9. The molecule has 0 saturated heterocycles. The van der Waals surface area contributed by atoms with Crippen LogP contribution in [0.3, 0.4) is 0 Å². The Bertz CT molecular complexity index is 600. The molecule has 0 fully saturated rings. The third-order valence-corrected chi connectivity index (χ3v) is 4.52. The highest BCUT2D eigenvalue weighted by atomic mass is 35.5. The van der Waals surface area contributed by atoms with Gasteiger partial charge in [-0.15, -0.1) is 11.8 Å². The smallest absolute Gasteiger partial charge is 0.173 e. The Kier molecular flexibility index (Phi) is 4.75. The molecule has 0 atom stereocenters. The zero-order valence-corrected chi connectivity index (χ0v) is 12.1. The number of carbonyl (C=O) groups excluding carboxylic acids is 1. The van der Waals surface area contributed by atoms with Crippen molar-refractivity contribution in [3.05, 3.63) is 58.1 Å². The predicted octanol–water partition coefficient (Wildman–Crippen LogP) is 4.67. The van der Waals surface area contributed by atoms with Gasteiger partial charge in [-0.05, 0) is 12.1 Å². The number of thioether (sulfide) groups is 1. The molecule has 0 aliphatic carbocycles. The van der Waals surface area contributed by atoms with Crippen LogP contribution in [0.2, 0.25) is 10.0 Å². The fourth-order valence-electron chi connectivity index (χ4n) is 1.48. The van der Waals surface area contributed by atoms with Crippen LogP contribution < -0.4 is 0 Å². The topological polar surface area (TPSA) is 37.3 Å². The highest BCUT2D eigenvalue weighted by molar-refractivity contribution is 8.00. The van der Waals surface area contributed by atoms with Crippen molar-refractivity contribution < 1.29 is 9.90 Å². The highest BCUT2D eigenvalue weighted by Crippen LogP contribution is 2.38. The molecule has 19 heavy (non-hydrogen) atoms. The van der Waals surface area contributed by atoms with E-state index in [0.717, 1.165) is 0 Å². The summed E-state index contributed by atoms with van der Waals surface area (Å²) in [5, 5.41) is 9.77. The Morgan fingerprint density at radius 2 is 1.74 bits per heavy atom. The van der Waals surface area contributed by atoms with E-state index in [1.54, 1.807) is 18.2 Å². The largest absolute Gasteiger partial charge is 0.506 e. The first-order valence-electron chi connectivity index (χ1n) is 5.47. The van der Waals surface area contributed by atoms with Gasteiger partial charge in [0, 0.05) is 10.5 Å². The van der Waals surface area contributed by atoms with Gasteiger partial charge < -0.3 is 5.11 Å². The molecule has 98 valence electrons. The molecule has 2 aromatic carbocycles. The van der Waals surface area contributed by atoms with Crippen LogP contribution in [-0.2, 0) is 0 Å². The van der Waals surface area contributed by atoms with Crippen LogP contribution >= 0.6 is 35.0 Å². The SMILES string of the molecule is O=C(CSc1ccc(O)c(Cl)c1Cl)c1ccccc1. The van der Waals surface area contributed by atoms with Gasteiger partial charge in [0.25, 0.3) is 0 Å². The van der Waals surface area contributed by atoms with E-state index in [4.69, 9.17) is 23.2 Å². The quantitative estimate of drug-likeness (QED) is 0.658. The fourth-order valence-corrected chi connectivity index (χ4v) is 2.87. The average molecular weight is 313 g/mol. The molecule has 0 spiro atoms. The Balaban J connectivity index is 2.08. The molecular formula is C14H10Cl2O2S. The van der Waals surface area contributed by atoms with Gasteiger partial charge in [0.2, 0.25) is 0 Å². The lowest BCUT2D eigenvalue weighted by atomic mass is 10.2. The summed E-state index contributed by atoms with van der Waals surface area (Å²) in [7, 11) is 0. The van der Waals surface area contributed by atoms with Gasteiger partial charge in [-0.2, -0.15) is 0 Å². The number of aromatic hydroxyl groups is 1. The summed E-state index contributed by atoms with van der Waals surface area (Å²) in [6.45, 7) is 0. The fraction of sp³-hybridized carbons (Fsp3) is 0.0714. The van der Waals surface area contributed by atoms with Gasteiger partial charge in [0.05, 0.1) is 10.8 Å². The van der Waals surface area contributed by atoms with Crippen LogP contribution in [-0.4, -0.2) is 16.6 Å². The van der Waals surface area contributed by atoms with E-state index < -0.39 is 0 Å². The molecule has 0 aliphatic rings. The second-order valence-corrected chi connectivity index (χ2v) is 5.56. The van der Waals surface area contributed by atoms with Crippen molar-refractivity contribution in [2.75, 3.05) is 5.75 Å². The molecule has 0 aliphatic heterocycles. The lowest BCUT2D eigenvalue weighted by Crippen LogP contribution is -2.01. The zero-order chi connectivity index (χ0) is 13.8. The van der Waals surface area contributed by atoms with E-state index in [2.05, 4.69) is 0 Å². The number of hydrogen-bond acceptors (Lipinski definition) is 3. The number of hydrogen-bond donors (Lipinski definition) is 1. The first-order valence-corrected chi connectivity index (χ1v) is 7.21. The van der Waals surface area contributed by atoms with Gasteiger partial charge in [-0.3, -0.25) is 4.79 Å². The molecule has 0 heterocycles. The van der Waals surface area contributed by atoms with Crippen molar-refractivity contribution in [2.24, 2.45) is 0 Å². The predicted molar refractivity (Wildman–Crippen MR) is 79.6 cm³/mol. The van der Waals surface area contributed by atoms with Crippen molar-refractivity contribution in [3.8, 4) is 5.75 Å². The van der Waals surface area contributed by atoms with E-state index in [0.29, 0.717) is 10.5 Å². The Morgan fingerprint density at radius 1 is 1.05 bits per heavy atom. The number of halogens is 2. The van der Waals surface area contributed by atoms with Gasteiger partial charge >= 0.3 is 0 Å². The standard InChI is InChI=1S/C14H10Cl2O2S/c15-13-10(17)6-7-12(14(13)16)19-8-11(18)9-4-2-1-3-5-9/h1-7,17H,8H2. The van der Waals surface area contributed by atoms with E-state index in [-0.39, 0.29) is 27.3 Å².